The van der Waals surface area contributed by atoms with Crippen molar-refractivity contribution in [1.29, 1.82) is 5.41 Å². The van der Waals surface area contributed by atoms with Crippen LogP contribution in [0.4, 0.5) is 10.5 Å². The molecule has 0 radical (unpaired) electrons. The van der Waals surface area contributed by atoms with Crippen LogP contribution in [-0.2, 0) is 28.4 Å². The molecule has 2 aliphatic heterocycles. The number of amides is 2. The number of carbonyl (C=O) groups is 1. The summed E-state index contributed by atoms with van der Waals surface area (Å²) in [6.07, 6.45) is 4.19. The molecule has 12 heteroatoms. The number of nitrogens with zero attached hydrogens (tertiary/aromatic N) is 5. The molecule has 5 rings (SSSR count). The number of imidazole rings is 1. The van der Waals surface area contributed by atoms with Crippen molar-refractivity contribution in [2.45, 2.75) is 24.5 Å². The Kier molecular flexibility index (Phi) is 8.71. The number of nitrogens with one attached hydrogen (secondary N) is 1. The van der Waals surface area contributed by atoms with Gasteiger partial charge in [0.2, 0.25) is 0 Å². The van der Waals surface area contributed by atoms with Crippen LogP contribution in [0.1, 0.15) is 24.0 Å². The molecule has 3 aromatic rings. The van der Waals surface area contributed by atoms with Crippen molar-refractivity contribution >= 4 is 27.6 Å². The van der Waals surface area contributed by atoms with E-state index in [2.05, 4.69) is 4.98 Å². The highest BCUT2D eigenvalue weighted by molar-refractivity contribution is 7.89. The van der Waals surface area contributed by atoms with E-state index in [1.807, 2.05) is 41.3 Å². The first-order valence-electron chi connectivity index (χ1n) is 13.8. The number of benzene rings is 2. The number of amidine groups is 1. The first-order valence-corrected chi connectivity index (χ1v) is 15.3. The summed E-state index contributed by atoms with van der Waals surface area (Å²) < 4.78 is 35.3. The third kappa shape index (κ3) is 6.61. The first kappa shape index (κ1) is 28.8. The van der Waals surface area contributed by atoms with Gasteiger partial charge in [-0.3, -0.25) is 10.3 Å². The van der Waals surface area contributed by atoms with Crippen LogP contribution in [-0.4, -0.2) is 78.4 Å². The Morgan fingerprint density at radius 1 is 1.07 bits per heavy atom. The molecule has 0 spiro atoms. The molecule has 2 amide bonds. The van der Waals surface area contributed by atoms with Crippen LogP contribution in [0, 0.1) is 17.2 Å². The molecular weight excluding hydrogens is 542 g/mol. The van der Waals surface area contributed by atoms with Crippen molar-refractivity contribution in [2.75, 3.05) is 44.2 Å². The fourth-order valence-electron chi connectivity index (χ4n) is 5.56. The van der Waals surface area contributed by atoms with Gasteiger partial charge in [-0.2, -0.15) is 4.31 Å². The van der Waals surface area contributed by atoms with Crippen molar-refractivity contribution in [3.63, 3.8) is 0 Å². The topological polar surface area (TPSA) is 138 Å². The summed E-state index contributed by atoms with van der Waals surface area (Å²) in [5, 5.41) is 8.01. The number of nitrogen functional groups attached to an aromatic ring is 1. The zero-order valence-electron chi connectivity index (χ0n) is 23.2. The molecule has 0 bridgehead atoms. The summed E-state index contributed by atoms with van der Waals surface area (Å²) >= 11 is 0. The van der Waals surface area contributed by atoms with Crippen molar-refractivity contribution in [1.82, 2.24) is 18.8 Å². The molecule has 2 aliphatic rings. The van der Waals surface area contributed by atoms with Crippen LogP contribution < -0.4 is 10.6 Å². The number of hydrogen-bond acceptors (Lipinski definition) is 6. The number of hydrogen-bond donors (Lipinski definition) is 2. The summed E-state index contributed by atoms with van der Waals surface area (Å²) in [4.78, 5) is 21.3. The number of carbonyl (C=O) groups excluding carboxylic acids is 1. The Morgan fingerprint density at radius 2 is 1.83 bits per heavy atom. The minimum Gasteiger partial charge on any atom is -0.384 e. The van der Waals surface area contributed by atoms with Gasteiger partial charge in [-0.1, -0.05) is 42.5 Å². The number of sulfonamides is 1. The lowest BCUT2D eigenvalue weighted by Gasteiger charge is -2.42. The molecule has 2 saturated heterocycles. The summed E-state index contributed by atoms with van der Waals surface area (Å²) in [6, 6.07) is 17.1. The molecule has 11 nitrogen and oxygen atoms in total. The SMILES string of the molecule is Cn1cncc1S(=O)(=O)N1CCC(CN2CC(COCc3ccccc3)CN(c3cccc(C(=N)N)c3)C2=O)CC1. The highest BCUT2D eigenvalue weighted by atomic mass is 32.2. The number of aryl methyl sites for hydroxylation is 1. The molecule has 1 aromatic heterocycles. The Labute approximate surface area is 241 Å². The van der Waals surface area contributed by atoms with Crippen LogP contribution >= 0.6 is 0 Å². The average molecular weight is 580 g/mol. The smallest absolute Gasteiger partial charge is 0.324 e. The van der Waals surface area contributed by atoms with E-state index in [4.69, 9.17) is 15.9 Å². The second-order valence-electron chi connectivity index (χ2n) is 10.8. The summed E-state index contributed by atoms with van der Waals surface area (Å²) in [5.74, 6) is 0.192. The third-order valence-electron chi connectivity index (χ3n) is 7.78. The summed E-state index contributed by atoms with van der Waals surface area (Å²) in [5.41, 5.74) is 8.07. The number of urea groups is 1. The molecule has 1 unspecified atom stereocenters. The maximum atomic E-state index is 13.7. The van der Waals surface area contributed by atoms with Crippen molar-refractivity contribution in [3.8, 4) is 0 Å². The minimum atomic E-state index is -3.61. The fourth-order valence-corrected chi connectivity index (χ4v) is 7.12. The lowest BCUT2D eigenvalue weighted by Crippen LogP contribution is -2.56. The monoisotopic (exact) mass is 579 g/mol. The Morgan fingerprint density at radius 3 is 2.51 bits per heavy atom. The van der Waals surface area contributed by atoms with Crippen LogP contribution in [0.25, 0.3) is 0 Å². The zero-order chi connectivity index (χ0) is 29.0. The van der Waals surface area contributed by atoms with E-state index < -0.39 is 10.0 Å². The Hall–Kier alpha value is -3.74. The Bertz CT molecular complexity index is 1470. The van der Waals surface area contributed by atoms with E-state index in [9.17, 15) is 13.2 Å². The summed E-state index contributed by atoms with van der Waals surface area (Å²) in [6.45, 7) is 3.37. The molecule has 3 heterocycles. The van der Waals surface area contributed by atoms with Gasteiger partial charge in [0.1, 0.15) is 5.84 Å². The number of ether oxygens (including phenoxy) is 1. The van der Waals surface area contributed by atoms with Crippen LogP contribution in [0.15, 0.2) is 72.1 Å². The van der Waals surface area contributed by atoms with Crippen molar-refractivity contribution < 1.29 is 17.9 Å². The lowest BCUT2D eigenvalue weighted by atomic mass is 9.96. The standard InChI is InChI=1S/C29H37N7O4S/c1-33-21-32-15-27(33)41(38,39)35-12-10-22(11-13-35)16-34-17-24(20-40-19-23-6-3-2-4-7-23)18-36(29(34)37)26-9-5-8-25(14-26)28(30)31/h2-9,14-15,21-22,24H,10-13,16-20H2,1H3,(H3,30,31). The van der Waals surface area contributed by atoms with Gasteiger partial charge in [-0.25, -0.2) is 18.2 Å². The number of piperidine rings is 1. The molecule has 41 heavy (non-hydrogen) atoms. The number of anilines is 1. The van der Waals surface area contributed by atoms with Gasteiger partial charge in [-0.05, 0) is 36.5 Å². The number of aromatic nitrogens is 2. The van der Waals surface area contributed by atoms with Crippen LogP contribution in [0.5, 0.6) is 0 Å². The van der Waals surface area contributed by atoms with E-state index >= 15 is 0 Å². The van der Waals surface area contributed by atoms with E-state index in [1.165, 1.54) is 21.4 Å². The van der Waals surface area contributed by atoms with Crippen LogP contribution in [0.3, 0.4) is 0 Å². The van der Waals surface area contributed by atoms with Crippen LogP contribution in [0.2, 0.25) is 0 Å². The Balaban J connectivity index is 1.27. The second-order valence-corrected chi connectivity index (χ2v) is 12.7. The highest BCUT2D eigenvalue weighted by Gasteiger charge is 2.36. The van der Waals surface area contributed by atoms with E-state index in [1.54, 1.807) is 30.1 Å². The lowest BCUT2D eigenvalue weighted by molar-refractivity contribution is 0.0661. The van der Waals surface area contributed by atoms with Gasteiger partial charge in [0.05, 0.1) is 25.7 Å². The van der Waals surface area contributed by atoms with Gasteiger partial charge in [0.15, 0.2) is 5.03 Å². The highest BCUT2D eigenvalue weighted by Crippen LogP contribution is 2.28. The van der Waals surface area contributed by atoms with Crippen molar-refractivity contribution in [3.05, 3.63) is 78.2 Å². The molecule has 3 N–H and O–H groups in total. The summed E-state index contributed by atoms with van der Waals surface area (Å²) in [7, 11) is -1.94. The maximum Gasteiger partial charge on any atom is 0.324 e. The predicted molar refractivity (Wildman–Crippen MR) is 156 cm³/mol. The molecule has 1 atom stereocenters. The second kappa shape index (κ2) is 12.4. The zero-order valence-corrected chi connectivity index (χ0v) is 24.0. The van der Waals surface area contributed by atoms with Gasteiger partial charge in [0.25, 0.3) is 10.0 Å². The third-order valence-corrected chi connectivity index (χ3v) is 9.75. The fraction of sp³-hybridized carbons (Fsp3) is 0.414. The first-order chi connectivity index (χ1) is 19.7. The van der Waals surface area contributed by atoms with Gasteiger partial charge in [0, 0.05) is 56.9 Å². The number of nitrogens with two attached hydrogens (primary N) is 1. The molecule has 2 aromatic carbocycles. The van der Waals surface area contributed by atoms with Gasteiger partial charge in [-0.15, -0.1) is 0 Å². The largest absolute Gasteiger partial charge is 0.384 e. The quantitative estimate of drug-likeness (QED) is 0.280. The minimum absolute atomic E-state index is 0.0521. The van der Waals surface area contributed by atoms with Gasteiger partial charge >= 0.3 is 6.03 Å². The number of rotatable bonds is 10. The maximum absolute atomic E-state index is 13.7. The molecule has 2 fully saturated rings. The average Bonchev–Trinajstić information content (AvgIpc) is 3.42. The molecule has 0 saturated carbocycles. The van der Waals surface area contributed by atoms with Crippen molar-refractivity contribution in [2.24, 2.45) is 24.6 Å². The normalized spacial score (nSPS) is 19.0. The van der Waals surface area contributed by atoms with E-state index in [0.29, 0.717) is 70.0 Å². The van der Waals surface area contributed by atoms with E-state index in [0.717, 1.165) is 5.56 Å². The van der Waals surface area contributed by atoms with E-state index in [-0.39, 0.29) is 28.7 Å². The molecular formula is C29H37N7O4S. The molecule has 0 aliphatic carbocycles. The predicted octanol–water partition coefficient (Wildman–Crippen LogP) is 2.88. The van der Waals surface area contributed by atoms with Gasteiger partial charge < -0.3 is 19.9 Å². The molecule has 218 valence electrons.